The van der Waals surface area contributed by atoms with Crippen LogP contribution in [-0.2, 0) is 13.1 Å². The molecule has 0 spiro atoms. The molecule has 0 saturated carbocycles. The molecule has 0 aliphatic carbocycles. The van der Waals surface area contributed by atoms with Gasteiger partial charge in [0.2, 0.25) is 11.2 Å². The fourth-order valence-corrected chi connectivity index (χ4v) is 3.88. The maximum absolute atomic E-state index is 13.2. The Bertz CT molecular complexity index is 1300. The molecule has 0 N–H and O–H groups in total. The van der Waals surface area contributed by atoms with Crippen LogP contribution in [0.5, 0.6) is 23.0 Å². The van der Waals surface area contributed by atoms with Gasteiger partial charge < -0.3 is 18.6 Å². The van der Waals surface area contributed by atoms with Crippen molar-refractivity contribution in [2.75, 3.05) is 13.3 Å². The molecule has 4 aromatic rings. The molecule has 5 rings (SSSR count). The first-order chi connectivity index (χ1) is 15.7. The molecule has 6 nitrogen and oxygen atoms in total. The van der Waals surface area contributed by atoms with Crippen molar-refractivity contribution >= 4 is 11.0 Å². The van der Waals surface area contributed by atoms with Crippen LogP contribution in [-0.4, -0.2) is 18.2 Å². The van der Waals surface area contributed by atoms with Gasteiger partial charge in [0.1, 0.15) is 24.3 Å². The summed E-state index contributed by atoms with van der Waals surface area (Å²) < 4.78 is 23.3. The SMILES string of the molecule is CCOc1ccccc1Oc1coc2c3c(ccc2c1=O)OCN(Cc1ccccc1)C3. The van der Waals surface area contributed by atoms with Crippen molar-refractivity contribution in [2.45, 2.75) is 20.0 Å². The average molecular weight is 429 g/mol. The number of hydrogen-bond donors (Lipinski definition) is 0. The first-order valence-electron chi connectivity index (χ1n) is 10.6. The first-order valence-corrected chi connectivity index (χ1v) is 10.6. The van der Waals surface area contributed by atoms with E-state index in [9.17, 15) is 4.79 Å². The summed E-state index contributed by atoms with van der Waals surface area (Å²) in [6, 6.07) is 21.0. The number of fused-ring (bicyclic) bond motifs is 3. The molecule has 1 aromatic heterocycles. The van der Waals surface area contributed by atoms with Crippen LogP contribution in [0.4, 0.5) is 0 Å². The van der Waals surface area contributed by atoms with Crippen LogP contribution in [0, 0.1) is 0 Å². The van der Waals surface area contributed by atoms with E-state index in [4.69, 9.17) is 18.6 Å². The van der Waals surface area contributed by atoms with Crippen LogP contribution in [0.2, 0.25) is 0 Å². The van der Waals surface area contributed by atoms with E-state index in [1.54, 1.807) is 18.2 Å². The molecule has 0 unspecified atom stereocenters. The molecule has 2 heterocycles. The summed E-state index contributed by atoms with van der Waals surface area (Å²) in [6.07, 6.45) is 1.36. The maximum Gasteiger partial charge on any atom is 0.235 e. The molecule has 0 fully saturated rings. The predicted molar refractivity (Wildman–Crippen MR) is 121 cm³/mol. The molecule has 0 radical (unpaired) electrons. The van der Waals surface area contributed by atoms with Crippen LogP contribution in [0.1, 0.15) is 18.1 Å². The van der Waals surface area contributed by atoms with E-state index in [2.05, 4.69) is 17.0 Å². The number of hydrogen-bond acceptors (Lipinski definition) is 6. The minimum atomic E-state index is -0.236. The van der Waals surface area contributed by atoms with E-state index < -0.39 is 0 Å². The van der Waals surface area contributed by atoms with Crippen LogP contribution in [0.15, 0.2) is 82.2 Å². The van der Waals surface area contributed by atoms with Crippen molar-refractivity contribution in [2.24, 2.45) is 0 Å². The van der Waals surface area contributed by atoms with Gasteiger partial charge in [-0.3, -0.25) is 9.69 Å². The van der Waals surface area contributed by atoms with Gasteiger partial charge in [-0.05, 0) is 36.8 Å². The third-order valence-electron chi connectivity index (χ3n) is 5.37. The fourth-order valence-electron chi connectivity index (χ4n) is 3.88. The summed E-state index contributed by atoms with van der Waals surface area (Å²) in [6.45, 7) is 4.24. The molecule has 0 saturated heterocycles. The van der Waals surface area contributed by atoms with E-state index in [0.717, 1.165) is 17.9 Å². The Morgan fingerprint density at radius 3 is 2.53 bits per heavy atom. The van der Waals surface area contributed by atoms with Crippen molar-refractivity contribution in [1.29, 1.82) is 0 Å². The zero-order valence-electron chi connectivity index (χ0n) is 17.7. The Balaban J connectivity index is 1.46. The highest BCUT2D eigenvalue weighted by Crippen LogP contribution is 2.34. The van der Waals surface area contributed by atoms with Gasteiger partial charge in [0.25, 0.3) is 0 Å². The quantitative estimate of drug-likeness (QED) is 0.413. The van der Waals surface area contributed by atoms with Crippen molar-refractivity contribution < 1.29 is 18.6 Å². The molecular weight excluding hydrogens is 406 g/mol. The van der Waals surface area contributed by atoms with Gasteiger partial charge in [0, 0.05) is 13.1 Å². The van der Waals surface area contributed by atoms with Gasteiger partial charge in [-0.15, -0.1) is 0 Å². The lowest BCUT2D eigenvalue weighted by molar-refractivity contribution is 0.0890. The molecule has 3 aromatic carbocycles. The van der Waals surface area contributed by atoms with Gasteiger partial charge in [0.05, 0.1) is 17.6 Å². The molecule has 6 heteroatoms. The van der Waals surface area contributed by atoms with Gasteiger partial charge >= 0.3 is 0 Å². The zero-order valence-corrected chi connectivity index (χ0v) is 17.7. The van der Waals surface area contributed by atoms with Crippen LogP contribution in [0.3, 0.4) is 0 Å². The second-order valence-corrected chi connectivity index (χ2v) is 7.58. The van der Waals surface area contributed by atoms with E-state index in [1.165, 1.54) is 11.8 Å². The van der Waals surface area contributed by atoms with Crippen molar-refractivity contribution in [3.8, 4) is 23.0 Å². The fraction of sp³-hybridized carbons (Fsp3) is 0.192. The monoisotopic (exact) mass is 429 g/mol. The molecule has 0 atom stereocenters. The Kier molecular flexibility index (Phi) is 5.52. The molecule has 0 amide bonds. The number of benzene rings is 3. The number of rotatable bonds is 6. The topological polar surface area (TPSA) is 61.1 Å². The molecule has 162 valence electrons. The lowest BCUT2D eigenvalue weighted by Crippen LogP contribution is -2.31. The minimum absolute atomic E-state index is 0.113. The number of ether oxygens (including phenoxy) is 3. The Hall–Kier alpha value is -3.77. The Morgan fingerprint density at radius 2 is 1.72 bits per heavy atom. The normalized spacial score (nSPS) is 13.4. The van der Waals surface area contributed by atoms with Crippen LogP contribution in [0.25, 0.3) is 11.0 Å². The largest absolute Gasteiger partial charge is 0.490 e. The zero-order chi connectivity index (χ0) is 21.9. The number of para-hydroxylation sites is 2. The van der Waals surface area contributed by atoms with Gasteiger partial charge in [-0.25, -0.2) is 0 Å². The molecule has 1 aliphatic rings. The van der Waals surface area contributed by atoms with Crippen molar-refractivity contribution in [1.82, 2.24) is 4.90 Å². The Labute approximate surface area is 185 Å². The molecule has 0 bridgehead atoms. The minimum Gasteiger partial charge on any atom is -0.490 e. The highest BCUT2D eigenvalue weighted by atomic mass is 16.5. The smallest absolute Gasteiger partial charge is 0.235 e. The maximum atomic E-state index is 13.2. The second-order valence-electron chi connectivity index (χ2n) is 7.58. The number of nitrogens with zero attached hydrogens (tertiary/aromatic N) is 1. The summed E-state index contributed by atoms with van der Waals surface area (Å²) in [5.74, 6) is 1.89. The van der Waals surface area contributed by atoms with E-state index in [0.29, 0.717) is 42.4 Å². The Morgan fingerprint density at radius 1 is 0.938 bits per heavy atom. The lowest BCUT2D eigenvalue weighted by atomic mass is 10.1. The van der Waals surface area contributed by atoms with Gasteiger partial charge in [-0.2, -0.15) is 0 Å². The van der Waals surface area contributed by atoms with E-state index in [1.807, 2.05) is 43.3 Å². The third-order valence-corrected chi connectivity index (χ3v) is 5.37. The van der Waals surface area contributed by atoms with Crippen LogP contribution < -0.4 is 19.6 Å². The van der Waals surface area contributed by atoms with Gasteiger partial charge in [-0.1, -0.05) is 42.5 Å². The molecular formula is C26H23NO5. The van der Waals surface area contributed by atoms with Crippen molar-refractivity contribution in [3.63, 3.8) is 0 Å². The highest BCUT2D eigenvalue weighted by molar-refractivity contribution is 5.83. The van der Waals surface area contributed by atoms with Crippen LogP contribution >= 0.6 is 0 Å². The van der Waals surface area contributed by atoms with Gasteiger partial charge in [0.15, 0.2) is 11.5 Å². The predicted octanol–water partition coefficient (Wildman–Crippen LogP) is 5.34. The van der Waals surface area contributed by atoms with Crippen molar-refractivity contribution in [3.05, 3.63) is 94.3 Å². The molecule has 32 heavy (non-hydrogen) atoms. The summed E-state index contributed by atoms with van der Waals surface area (Å²) in [7, 11) is 0. The third kappa shape index (κ3) is 3.92. The average Bonchev–Trinajstić information content (AvgIpc) is 2.83. The summed E-state index contributed by atoms with van der Waals surface area (Å²) >= 11 is 0. The lowest BCUT2D eigenvalue weighted by Gasteiger charge is -2.29. The highest BCUT2D eigenvalue weighted by Gasteiger charge is 2.23. The van der Waals surface area contributed by atoms with E-state index in [-0.39, 0.29) is 11.2 Å². The summed E-state index contributed by atoms with van der Waals surface area (Å²) in [5.41, 5.74) is 2.35. The standard InChI is InChI=1S/C26H23NO5/c1-2-29-22-10-6-7-11-23(22)32-24-16-30-26-19(25(24)28)12-13-21-20(26)15-27(17-31-21)14-18-8-4-3-5-9-18/h3-13,16H,2,14-15,17H2,1H3. The second kappa shape index (κ2) is 8.77. The summed E-state index contributed by atoms with van der Waals surface area (Å²) in [5, 5.41) is 0.459. The summed E-state index contributed by atoms with van der Waals surface area (Å²) in [4.78, 5) is 15.3. The first kappa shape index (κ1) is 20.2. The molecule has 1 aliphatic heterocycles. The van der Waals surface area contributed by atoms with E-state index >= 15 is 0 Å².